The normalized spacial score (nSPS) is 8.62. The molecule has 0 aliphatic carbocycles. The number of hydrogen-bond acceptors (Lipinski definition) is 3. The van der Waals surface area contributed by atoms with Crippen molar-refractivity contribution in [1.29, 1.82) is 0 Å². The lowest BCUT2D eigenvalue weighted by Crippen LogP contribution is -1.72. The van der Waals surface area contributed by atoms with Gasteiger partial charge in [0.15, 0.2) is 0 Å². The predicted molar refractivity (Wildman–Crippen MR) is 56.8 cm³/mol. The van der Waals surface area contributed by atoms with E-state index in [-0.39, 0.29) is 0 Å². The second-order valence-corrected chi connectivity index (χ2v) is 3.33. The van der Waals surface area contributed by atoms with Gasteiger partial charge in [-0.25, -0.2) is 0 Å². The monoisotopic (exact) mass is 193 g/mol. The van der Waals surface area contributed by atoms with Crippen molar-refractivity contribution < 1.29 is 5.11 Å². The molecular weight excluding hydrogens is 182 g/mol. The number of para-hydroxylation sites is 1. The zero-order valence-electron chi connectivity index (χ0n) is 7.05. The van der Waals surface area contributed by atoms with Gasteiger partial charge in [-0.2, -0.15) is 0 Å². The van der Waals surface area contributed by atoms with Gasteiger partial charge in [-0.15, -0.1) is 11.3 Å². The zero-order chi connectivity index (χ0) is 9.52. The molecule has 2 rings (SSSR count). The van der Waals surface area contributed by atoms with Crippen LogP contribution in [0.2, 0.25) is 0 Å². The third-order valence-electron chi connectivity index (χ3n) is 1.30. The van der Waals surface area contributed by atoms with Crippen LogP contribution in [-0.4, -0.2) is 5.11 Å². The molecule has 2 nitrogen and oxygen atoms in total. The summed E-state index contributed by atoms with van der Waals surface area (Å²) in [4.78, 5) is 0. The Labute approximate surface area is 81.3 Å². The number of nitrogen functional groups attached to an aromatic ring is 1. The molecular formula is C10H11NOS. The van der Waals surface area contributed by atoms with Gasteiger partial charge in [0.25, 0.3) is 0 Å². The average molecular weight is 193 g/mol. The molecule has 0 saturated heterocycles. The van der Waals surface area contributed by atoms with Crippen LogP contribution in [0.3, 0.4) is 0 Å². The maximum atomic E-state index is 8.63. The highest BCUT2D eigenvalue weighted by Crippen LogP contribution is 2.07. The van der Waals surface area contributed by atoms with E-state index in [4.69, 9.17) is 10.8 Å². The molecule has 1 aromatic carbocycles. The van der Waals surface area contributed by atoms with Crippen molar-refractivity contribution in [2.45, 2.75) is 0 Å². The van der Waals surface area contributed by atoms with E-state index < -0.39 is 0 Å². The molecule has 1 heterocycles. The molecule has 0 atom stereocenters. The number of benzene rings is 1. The molecule has 68 valence electrons. The first-order valence-electron chi connectivity index (χ1n) is 3.82. The van der Waals surface area contributed by atoms with Crippen molar-refractivity contribution in [2.24, 2.45) is 0 Å². The molecule has 0 radical (unpaired) electrons. The maximum Gasteiger partial charge on any atom is 0.115 e. The second-order valence-electron chi connectivity index (χ2n) is 2.35. The number of nitrogens with two attached hydrogens (primary N) is 1. The third-order valence-corrected chi connectivity index (χ3v) is 2.00. The topological polar surface area (TPSA) is 46.2 Å². The number of aromatic hydroxyl groups is 1. The summed E-state index contributed by atoms with van der Waals surface area (Å²) in [5.41, 5.74) is 5.30. The van der Waals surface area contributed by atoms with Gasteiger partial charge in [0.1, 0.15) is 5.75 Å². The summed E-state index contributed by atoms with van der Waals surface area (Å²) < 4.78 is 0. The van der Waals surface area contributed by atoms with Gasteiger partial charge in [0.2, 0.25) is 0 Å². The van der Waals surface area contributed by atoms with Crippen molar-refractivity contribution in [2.75, 3.05) is 5.73 Å². The second kappa shape index (κ2) is 5.22. The number of phenols is 1. The Hall–Kier alpha value is -1.48. The minimum atomic E-state index is 0.322. The van der Waals surface area contributed by atoms with Crippen LogP contribution in [0.1, 0.15) is 0 Å². The fraction of sp³-hybridized carbons (Fsp3) is 0. The highest BCUT2D eigenvalue weighted by Gasteiger charge is 1.75. The van der Waals surface area contributed by atoms with Crippen LogP contribution >= 0.6 is 11.3 Å². The van der Waals surface area contributed by atoms with Gasteiger partial charge >= 0.3 is 0 Å². The molecule has 0 aliphatic heterocycles. The Morgan fingerprint density at radius 3 is 1.92 bits per heavy atom. The molecule has 0 saturated carbocycles. The highest BCUT2D eigenvalue weighted by atomic mass is 32.1. The molecule has 0 spiro atoms. The van der Waals surface area contributed by atoms with Crippen molar-refractivity contribution in [1.82, 2.24) is 0 Å². The first-order valence-corrected chi connectivity index (χ1v) is 4.70. The van der Waals surface area contributed by atoms with Crippen LogP contribution in [0, 0.1) is 0 Å². The molecule has 0 amide bonds. The summed E-state index contributed by atoms with van der Waals surface area (Å²) in [6.45, 7) is 0. The molecule has 13 heavy (non-hydrogen) atoms. The zero-order valence-corrected chi connectivity index (χ0v) is 7.87. The number of anilines is 1. The van der Waals surface area contributed by atoms with Crippen molar-refractivity contribution in [3.8, 4) is 5.75 Å². The smallest absolute Gasteiger partial charge is 0.115 e. The largest absolute Gasteiger partial charge is 0.508 e. The predicted octanol–water partition coefficient (Wildman–Crippen LogP) is 2.72. The third kappa shape index (κ3) is 4.18. The summed E-state index contributed by atoms with van der Waals surface area (Å²) >= 11 is 1.56. The summed E-state index contributed by atoms with van der Waals surface area (Å²) in [6.07, 6.45) is 0. The Balaban J connectivity index is 0.000000132. The van der Waals surface area contributed by atoms with Crippen LogP contribution in [-0.2, 0) is 0 Å². The van der Waals surface area contributed by atoms with Gasteiger partial charge in [-0.1, -0.05) is 18.2 Å². The van der Waals surface area contributed by atoms with E-state index in [1.165, 1.54) is 0 Å². The van der Waals surface area contributed by atoms with Crippen LogP contribution in [0.5, 0.6) is 5.75 Å². The van der Waals surface area contributed by atoms with E-state index in [0.29, 0.717) is 5.75 Å². The van der Waals surface area contributed by atoms with Crippen LogP contribution in [0.15, 0.2) is 47.8 Å². The van der Waals surface area contributed by atoms with Crippen LogP contribution in [0.4, 0.5) is 5.00 Å². The molecule has 0 fully saturated rings. The molecule has 0 aliphatic rings. The van der Waals surface area contributed by atoms with Gasteiger partial charge in [-0.3, -0.25) is 0 Å². The first-order chi connectivity index (χ1) is 6.29. The summed E-state index contributed by atoms with van der Waals surface area (Å²) in [7, 11) is 0. The number of rotatable bonds is 0. The Bertz CT molecular complexity index is 318. The van der Waals surface area contributed by atoms with E-state index in [1.807, 2.05) is 23.6 Å². The van der Waals surface area contributed by atoms with Crippen molar-refractivity contribution in [3.05, 3.63) is 47.8 Å². The number of phenolic OH excluding ortho intramolecular Hbond substituents is 1. The lowest BCUT2D eigenvalue weighted by Gasteiger charge is -1.82. The minimum Gasteiger partial charge on any atom is -0.508 e. The van der Waals surface area contributed by atoms with Crippen molar-refractivity contribution >= 4 is 16.3 Å². The summed E-state index contributed by atoms with van der Waals surface area (Å²) in [6, 6.07) is 12.5. The van der Waals surface area contributed by atoms with Crippen LogP contribution in [0.25, 0.3) is 0 Å². The minimum absolute atomic E-state index is 0.322. The van der Waals surface area contributed by atoms with E-state index in [1.54, 1.807) is 35.6 Å². The lowest BCUT2D eigenvalue weighted by molar-refractivity contribution is 0.475. The number of thiophene rings is 1. The Morgan fingerprint density at radius 2 is 1.69 bits per heavy atom. The highest BCUT2D eigenvalue weighted by molar-refractivity contribution is 7.13. The van der Waals surface area contributed by atoms with E-state index in [9.17, 15) is 0 Å². The average Bonchev–Trinajstić information content (AvgIpc) is 2.58. The van der Waals surface area contributed by atoms with Gasteiger partial charge in [0.05, 0.1) is 5.00 Å². The Morgan fingerprint density at radius 1 is 1.00 bits per heavy atom. The van der Waals surface area contributed by atoms with E-state index >= 15 is 0 Å². The molecule has 1 aromatic heterocycles. The van der Waals surface area contributed by atoms with E-state index in [2.05, 4.69) is 0 Å². The Kier molecular flexibility index (Phi) is 3.85. The number of hydrogen-bond donors (Lipinski definition) is 2. The summed E-state index contributed by atoms with van der Waals surface area (Å²) in [5.74, 6) is 0.322. The molecule has 2 aromatic rings. The molecule has 3 N–H and O–H groups in total. The summed E-state index contributed by atoms with van der Waals surface area (Å²) in [5, 5.41) is 11.5. The van der Waals surface area contributed by atoms with Gasteiger partial charge in [0, 0.05) is 0 Å². The fourth-order valence-electron chi connectivity index (χ4n) is 0.719. The van der Waals surface area contributed by atoms with Crippen LogP contribution < -0.4 is 5.73 Å². The van der Waals surface area contributed by atoms with E-state index in [0.717, 1.165) is 5.00 Å². The fourth-order valence-corrected chi connectivity index (χ4v) is 1.19. The van der Waals surface area contributed by atoms with Gasteiger partial charge in [-0.05, 0) is 29.6 Å². The quantitative estimate of drug-likeness (QED) is 0.675. The standard InChI is InChI=1S/C6H6O.C4H5NS/c7-6-4-2-1-3-5-6;5-4-2-1-3-6-4/h1-5,7H;1-3H,5H2. The first kappa shape index (κ1) is 9.61. The van der Waals surface area contributed by atoms with Crippen molar-refractivity contribution in [3.63, 3.8) is 0 Å². The van der Waals surface area contributed by atoms with Gasteiger partial charge < -0.3 is 10.8 Å². The SMILES string of the molecule is Nc1cccs1.Oc1ccccc1. The molecule has 3 heteroatoms. The molecule has 0 bridgehead atoms. The molecule has 0 unspecified atom stereocenters. The lowest BCUT2D eigenvalue weighted by atomic mass is 10.3. The maximum absolute atomic E-state index is 8.63.